The van der Waals surface area contributed by atoms with Gasteiger partial charge in [0, 0.05) is 10.4 Å². The van der Waals surface area contributed by atoms with E-state index in [-0.39, 0.29) is 0 Å². The van der Waals surface area contributed by atoms with E-state index in [0.717, 1.165) is 22.7 Å². The van der Waals surface area contributed by atoms with Gasteiger partial charge in [0.1, 0.15) is 0 Å². The molecule has 1 nitrogen and oxygen atoms in total. The van der Waals surface area contributed by atoms with Gasteiger partial charge in [0.2, 0.25) is 0 Å². The zero-order valence-corrected chi connectivity index (χ0v) is 9.41. The van der Waals surface area contributed by atoms with Crippen LogP contribution in [-0.4, -0.2) is 6.29 Å². The largest absolute Gasteiger partial charge is 0.298 e. The van der Waals surface area contributed by atoms with Crippen LogP contribution < -0.4 is 5.30 Å². The fourth-order valence-corrected chi connectivity index (χ4v) is 2.62. The molecule has 14 heavy (non-hydrogen) atoms. The Balaban J connectivity index is 2.60. The second kappa shape index (κ2) is 4.04. The predicted octanol–water partition coefficient (Wildman–Crippen LogP) is 2.73. The van der Waals surface area contributed by atoms with Crippen LogP contribution in [0, 0.1) is 0 Å². The van der Waals surface area contributed by atoms with Gasteiger partial charge in [-0.15, -0.1) is 20.6 Å². The summed E-state index contributed by atoms with van der Waals surface area (Å²) in [5.74, 6) is 0. The summed E-state index contributed by atoms with van der Waals surface area (Å²) in [5.41, 5.74) is 1.86. The molecular formula is C11H9OPS. The summed E-state index contributed by atoms with van der Waals surface area (Å²) in [4.78, 5) is 11.9. The van der Waals surface area contributed by atoms with Crippen molar-refractivity contribution in [3.8, 4) is 10.4 Å². The molecule has 0 radical (unpaired) electrons. The highest BCUT2D eigenvalue weighted by Crippen LogP contribution is 2.24. The highest BCUT2D eigenvalue weighted by molar-refractivity contribution is 7.28. The van der Waals surface area contributed by atoms with Gasteiger partial charge in [-0.1, -0.05) is 24.3 Å². The van der Waals surface area contributed by atoms with Gasteiger partial charge in [-0.3, -0.25) is 4.79 Å². The van der Waals surface area contributed by atoms with Crippen molar-refractivity contribution in [2.45, 2.75) is 0 Å². The Labute approximate surface area is 89.0 Å². The summed E-state index contributed by atoms with van der Waals surface area (Å²) in [6.45, 7) is 0. The Bertz CT molecular complexity index is 448. The molecule has 70 valence electrons. The molecule has 2 aromatic rings. The number of aldehydes is 1. The number of hydrogen-bond donors (Lipinski definition) is 0. The van der Waals surface area contributed by atoms with Gasteiger partial charge in [-0.05, 0) is 22.3 Å². The topological polar surface area (TPSA) is 17.1 Å². The molecule has 0 bridgehead atoms. The molecule has 0 saturated heterocycles. The third kappa shape index (κ3) is 1.63. The van der Waals surface area contributed by atoms with Crippen molar-refractivity contribution in [1.29, 1.82) is 0 Å². The third-order valence-corrected chi connectivity index (χ3v) is 3.60. The Morgan fingerprint density at radius 3 is 2.71 bits per heavy atom. The molecule has 1 atom stereocenters. The van der Waals surface area contributed by atoms with Crippen molar-refractivity contribution in [3.63, 3.8) is 0 Å². The van der Waals surface area contributed by atoms with Crippen molar-refractivity contribution in [2.24, 2.45) is 0 Å². The summed E-state index contributed by atoms with van der Waals surface area (Å²) in [7, 11) is 2.63. The number of thiophene rings is 1. The second-order valence-electron chi connectivity index (χ2n) is 2.90. The van der Waals surface area contributed by atoms with E-state index in [0.29, 0.717) is 0 Å². The van der Waals surface area contributed by atoms with Crippen molar-refractivity contribution < 1.29 is 4.79 Å². The number of rotatable bonds is 2. The molecular weight excluding hydrogens is 211 g/mol. The molecule has 0 aliphatic rings. The minimum Gasteiger partial charge on any atom is -0.298 e. The second-order valence-corrected chi connectivity index (χ2v) is 4.43. The zero-order chi connectivity index (χ0) is 9.97. The van der Waals surface area contributed by atoms with Gasteiger partial charge in [0.15, 0.2) is 6.29 Å². The number of carbonyl (C=O) groups excluding carboxylic acids is 1. The molecule has 1 heterocycles. The van der Waals surface area contributed by atoms with Crippen LogP contribution in [0.2, 0.25) is 0 Å². The van der Waals surface area contributed by atoms with E-state index in [9.17, 15) is 4.79 Å². The maximum absolute atomic E-state index is 10.7. The van der Waals surface area contributed by atoms with E-state index >= 15 is 0 Å². The lowest BCUT2D eigenvalue weighted by Crippen LogP contribution is -2.03. The Kier molecular flexibility index (Phi) is 2.76. The van der Waals surface area contributed by atoms with Gasteiger partial charge in [0.05, 0.1) is 0 Å². The molecule has 0 amide bonds. The van der Waals surface area contributed by atoms with Crippen LogP contribution in [0.1, 0.15) is 10.4 Å². The zero-order valence-electron chi connectivity index (χ0n) is 7.44. The van der Waals surface area contributed by atoms with Crippen LogP contribution in [0.4, 0.5) is 0 Å². The molecule has 0 aliphatic carbocycles. The average molecular weight is 220 g/mol. The lowest BCUT2D eigenvalue weighted by atomic mass is 10.1. The molecule has 0 saturated carbocycles. The van der Waals surface area contributed by atoms with E-state index in [2.05, 4.69) is 15.3 Å². The Morgan fingerprint density at radius 2 is 2.07 bits per heavy atom. The van der Waals surface area contributed by atoms with Crippen LogP contribution in [-0.2, 0) is 0 Å². The van der Waals surface area contributed by atoms with E-state index in [1.165, 1.54) is 4.88 Å². The van der Waals surface area contributed by atoms with Crippen molar-refractivity contribution >= 4 is 32.2 Å². The maximum Gasteiger partial charge on any atom is 0.150 e. The van der Waals surface area contributed by atoms with Crippen LogP contribution in [0.15, 0.2) is 35.7 Å². The van der Waals surface area contributed by atoms with Gasteiger partial charge in [-0.2, -0.15) is 0 Å². The summed E-state index contributed by atoms with van der Waals surface area (Å²) in [6, 6.07) is 9.83. The molecule has 0 spiro atoms. The van der Waals surface area contributed by atoms with E-state index in [4.69, 9.17) is 0 Å². The summed E-state index contributed by atoms with van der Waals surface area (Å²) in [6.07, 6.45) is 0.888. The van der Waals surface area contributed by atoms with Crippen LogP contribution >= 0.6 is 20.6 Å². The summed E-state index contributed by atoms with van der Waals surface area (Å²) >= 11 is 1.68. The highest BCUT2D eigenvalue weighted by atomic mass is 32.1. The summed E-state index contributed by atoms with van der Waals surface area (Å²) < 4.78 is 0. The van der Waals surface area contributed by atoms with Crippen LogP contribution in [0.3, 0.4) is 0 Å². The molecule has 0 fully saturated rings. The van der Waals surface area contributed by atoms with Crippen molar-refractivity contribution in [2.75, 3.05) is 0 Å². The molecule has 1 unspecified atom stereocenters. The van der Waals surface area contributed by atoms with Crippen LogP contribution in [0.5, 0.6) is 0 Å². The Hall–Kier alpha value is -0.980. The number of benzene rings is 1. The lowest BCUT2D eigenvalue weighted by molar-refractivity contribution is 0.112. The standard InChI is InChI=1S/C11H9OPS/c12-7-8-3-1-4-9(11(8)13)10-5-2-6-14-10/h1-7H,13H2. The van der Waals surface area contributed by atoms with Gasteiger partial charge in [-0.25, -0.2) is 0 Å². The lowest BCUT2D eigenvalue weighted by Gasteiger charge is -2.04. The van der Waals surface area contributed by atoms with Gasteiger partial charge < -0.3 is 0 Å². The SMILES string of the molecule is O=Cc1cccc(-c2cccs2)c1P. The predicted molar refractivity (Wildman–Crippen MR) is 64.5 cm³/mol. The molecule has 3 heteroatoms. The van der Waals surface area contributed by atoms with Crippen molar-refractivity contribution in [3.05, 3.63) is 41.3 Å². The first kappa shape index (κ1) is 9.57. The first-order chi connectivity index (χ1) is 6.83. The summed E-state index contributed by atoms with van der Waals surface area (Å²) in [5, 5.41) is 3.01. The normalized spacial score (nSPS) is 10.1. The van der Waals surface area contributed by atoms with E-state index in [1.807, 2.05) is 29.6 Å². The van der Waals surface area contributed by atoms with E-state index < -0.39 is 0 Å². The Morgan fingerprint density at radius 1 is 1.21 bits per heavy atom. The fourth-order valence-electron chi connectivity index (χ4n) is 1.33. The van der Waals surface area contributed by atoms with Gasteiger partial charge >= 0.3 is 0 Å². The fraction of sp³-hybridized carbons (Fsp3) is 0. The van der Waals surface area contributed by atoms with Crippen molar-refractivity contribution in [1.82, 2.24) is 0 Å². The van der Waals surface area contributed by atoms with Gasteiger partial charge in [0.25, 0.3) is 0 Å². The quantitative estimate of drug-likeness (QED) is 0.561. The van der Waals surface area contributed by atoms with E-state index in [1.54, 1.807) is 11.3 Å². The number of carbonyl (C=O) groups is 1. The molecule has 2 rings (SSSR count). The third-order valence-electron chi connectivity index (χ3n) is 2.05. The smallest absolute Gasteiger partial charge is 0.150 e. The van der Waals surface area contributed by atoms with Crippen LogP contribution in [0.25, 0.3) is 10.4 Å². The monoisotopic (exact) mass is 220 g/mol. The first-order valence-electron chi connectivity index (χ1n) is 4.20. The average Bonchev–Trinajstić information content (AvgIpc) is 2.71. The molecule has 1 aromatic heterocycles. The molecule has 0 aliphatic heterocycles. The molecule has 1 aromatic carbocycles. The number of hydrogen-bond acceptors (Lipinski definition) is 2. The first-order valence-corrected chi connectivity index (χ1v) is 5.66. The molecule has 0 N–H and O–H groups in total. The minimum absolute atomic E-state index is 0.737. The minimum atomic E-state index is 0.737. The highest BCUT2D eigenvalue weighted by Gasteiger charge is 2.05. The maximum atomic E-state index is 10.7.